The lowest BCUT2D eigenvalue weighted by atomic mass is 10.1. The van der Waals surface area contributed by atoms with Gasteiger partial charge >= 0.3 is 5.97 Å². The summed E-state index contributed by atoms with van der Waals surface area (Å²) < 4.78 is 5.09. The van der Waals surface area contributed by atoms with E-state index in [9.17, 15) is 4.79 Å². The predicted molar refractivity (Wildman–Crippen MR) is 77.6 cm³/mol. The van der Waals surface area contributed by atoms with Gasteiger partial charge in [-0.05, 0) is 32.6 Å². The van der Waals surface area contributed by atoms with Crippen molar-refractivity contribution in [2.75, 3.05) is 6.61 Å². The van der Waals surface area contributed by atoms with Crippen LogP contribution in [0.1, 0.15) is 78.6 Å². The lowest BCUT2D eigenvalue weighted by molar-refractivity contribution is -0.138. The number of rotatable bonds is 11. The number of hydrogen-bond donors (Lipinski definition) is 0. The Balaban J connectivity index is 3.99. The van der Waals surface area contributed by atoms with Gasteiger partial charge in [0.15, 0.2) is 0 Å². The molecular weight excluding hydrogens is 224 g/mol. The molecule has 0 aromatic rings. The van der Waals surface area contributed by atoms with Gasteiger partial charge in [-0.2, -0.15) is 0 Å². The summed E-state index contributed by atoms with van der Waals surface area (Å²) >= 11 is 0. The zero-order valence-electron chi connectivity index (χ0n) is 12.5. The summed E-state index contributed by atoms with van der Waals surface area (Å²) in [5.74, 6) is -0.112. The van der Waals surface area contributed by atoms with Crippen molar-refractivity contribution in [2.24, 2.45) is 0 Å². The van der Waals surface area contributed by atoms with E-state index in [0.29, 0.717) is 6.61 Å². The van der Waals surface area contributed by atoms with Crippen LogP contribution in [-0.2, 0) is 9.53 Å². The van der Waals surface area contributed by atoms with Gasteiger partial charge in [0.25, 0.3) is 0 Å². The van der Waals surface area contributed by atoms with Crippen molar-refractivity contribution in [3.63, 3.8) is 0 Å². The highest BCUT2D eigenvalue weighted by molar-refractivity contribution is 5.88. The highest BCUT2D eigenvalue weighted by Gasteiger charge is 2.08. The van der Waals surface area contributed by atoms with Crippen molar-refractivity contribution in [1.82, 2.24) is 0 Å². The van der Waals surface area contributed by atoms with Gasteiger partial charge in [0, 0.05) is 5.57 Å². The van der Waals surface area contributed by atoms with E-state index in [1.807, 2.05) is 6.92 Å². The number of hydrogen-bond acceptors (Lipinski definition) is 2. The first kappa shape index (κ1) is 17.2. The Morgan fingerprint density at radius 1 is 0.944 bits per heavy atom. The fourth-order valence-corrected chi connectivity index (χ4v) is 1.90. The van der Waals surface area contributed by atoms with E-state index in [1.54, 1.807) is 0 Å². The highest BCUT2D eigenvalue weighted by Crippen LogP contribution is 2.13. The first-order chi connectivity index (χ1) is 8.76. The Kier molecular flexibility index (Phi) is 12.1. The highest BCUT2D eigenvalue weighted by atomic mass is 16.5. The summed E-state index contributed by atoms with van der Waals surface area (Å²) in [7, 11) is 0. The van der Waals surface area contributed by atoms with Crippen LogP contribution in [0.15, 0.2) is 11.6 Å². The van der Waals surface area contributed by atoms with E-state index in [1.165, 1.54) is 32.1 Å². The second-order valence-electron chi connectivity index (χ2n) is 4.76. The fraction of sp³-hybridized carbons (Fsp3) is 0.812. The maximum atomic E-state index is 11.7. The van der Waals surface area contributed by atoms with E-state index in [4.69, 9.17) is 4.74 Å². The summed E-state index contributed by atoms with van der Waals surface area (Å²) in [5.41, 5.74) is 0.884. The van der Waals surface area contributed by atoms with Crippen LogP contribution < -0.4 is 0 Å². The third-order valence-corrected chi connectivity index (χ3v) is 3.04. The Bertz CT molecular complexity index is 231. The minimum absolute atomic E-state index is 0.112. The van der Waals surface area contributed by atoms with Gasteiger partial charge < -0.3 is 4.74 Å². The molecule has 0 aliphatic carbocycles. The van der Waals surface area contributed by atoms with Gasteiger partial charge in [-0.1, -0.05) is 52.0 Å². The van der Waals surface area contributed by atoms with Crippen LogP contribution >= 0.6 is 0 Å². The van der Waals surface area contributed by atoms with Crippen LogP contribution in [0.3, 0.4) is 0 Å². The van der Waals surface area contributed by atoms with Gasteiger partial charge in [-0.25, -0.2) is 4.79 Å². The second-order valence-corrected chi connectivity index (χ2v) is 4.76. The largest absolute Gasteiger partial charge is 0.463 e. The van der Waals surface area contributed by atoms with Crippen molar-refractivity contribution in [1.29, 1.82) is 0 Å². The number of carbonyl (C=O) groups is 1. The van der Waals surface area contributed by atoms with Crippen molar-refractivity contribution in [3.8, 4) is 0 Å². The second kappa shape index (κ2) is 12.7. The van der Waals surface area contributed by atoms with E-state index in [0.717, 1.165) is 31.3 Å². The number of carbonyl (C=O) groups excluding carboxylic acids is 1. The van der Waals surface area contributed by atoms with Crippen LogP contribution in [-0.4, -0.2) is 12.6 Å². The van der Waals surface area contributed by atoms with Crippen molar-refractivity contribution >= 4 is 5.97 Å². The topological polar surface area (TPSA) is 26.3 Å². The summed E-state index contributed by atoms with van der Waals surface area (Å²) in [6.45, 7) is 6.70. The standard InChI is InChI=1S/C16H30O2/c1-4-7-9-10-11-12-14-15(13-8-5-2)16(17)18-6-3/h14H,4-13H2,1-3H3/b15-14-. The SMILES string of the molecule is CCCCCCC/C=C(/CCCC)C(=O)OCC. The smallest absolute Gasteiger partial charge is 0.333 e. The zero-order valence-corrected chi connectivity index (χ0v) is 12.5. The Morgan fingerprint density at radius 3 is 2.22 bits per heavy atom. The first-order valence-corrected chi connectivity index (χ1v) is 7.62. The molecule has 0 rings (SSSR count). The maximum Gasteiger partial charge on any atom is 0.333 e. The molecule has 0 unspecified atom stereocenters. The summed E-state index contributed by atoms with van der Waals surface area (Å²) in [6, 6.07) is 0. The number of esters is 1. The minimum Gasteiger partial charge on any atom is -0.463 e. The third kappa shape index (κ3) is 9.26. The normalized spacial score (nSPS) is 11.6. The molecule has 0 fully saturated rings. The molecule has 0 radical (unpaired) electrons. The summed E-state index contributed by atoms with van der Waals surface area (Å²) in [6.07, 6.45) is 12.5. The number of ether oxygens (including phenoxy) is 1. The molecule has 106 valence electrons. The van der Waals surface area contributed by atoms with E-state index in [2.05, 4.69) is 19.9 Å². The van der Waals surface area contributed by atoms with Gasteiger partial charge in [-0.15, -0.1) is 0 Å². The Labute approximate surface area is 113 Å². The average Bonchev–Trinajstić information content (AvgIpc) is 2.37. The molecule has 0 aliphatic rings. The molecule has 0 saturated carbocycles. The van der Waals surface area contributed by atoms with Crippen molar-refractivity contribution < 1.29 is 9.53 Å². The van der Waals surface area contributed by atoms with E-state index < -0.39 is 0 Å². The molecule has 0 bridgehead atoms. The minimum atomic E-state index is -0.112. The Hall–Kier alpha value is -0.790. The molecule has 0 saturated heterocycles. The first-order valence-electron chi connectivity index (χ1n) is 7.62. The number of unbranched alkanes of at least 4 members (excludes halogenated alkanes) is 6. The van der Waals surface area contributed by atoms with Crippen LogP contribution in [0, 0.1) is 0 Å². The Morgan fingerprint density at radius 2 is 1.61 bits per heavy atom. The molecular formula is C16H30O2. The number of allylic oxidation sites excluding steroid dienone is 1. The lowest BCUT2D eigenvalue weighted by Gasteiger charge is -2.06. The van der Waals surface area contributed by atoms with Crippen molar-refractivity contribution in [3.05, 3.63) is 11.6 Å². The van der Waals surface area contributed by atoms with Gasteiger partial charge in [0.2, 0.25) is 0 Å². The molecule has 2 nitrogen and oxygen atoms in total. The van der Waals surface area contributed by atoms with Crippen LogP contribution in [0.2, 0.25) is 0 Å². The molecule has 0 aromatic heterocycles. The lowest BCUT2D eigenvalue weighted by Crippen LogP contribution is -2.07. The fourth-order valence-electron chi connectivity index (χ4n) is 1.90. The molecule has 0 amide bonds. The molecule has 0 heterocycles. The molecule has 0 N–H and O–H groups in total. The van der Waals surface area contributed by atoms with Crippen LogP contribution in [0.4, 0.5) is 0 Å². The average molecular weight is 254 g/mol. The van der Waals surface area contributed by atoms with Gasteiger partial charge in [0.05, 0.1) is 6.61 Å². The van der Waals surface area contributed by atoms with Crippen molar-refractivity contribution in [2.45, 2.75) is 78.6 Å². The third-order valence-electron chi connectivity index (χ3n) is 3.04. The summed E-state index contributed by atoms with van der Waals surface area (Å²) in [4.78, 5) is 11.7. The predicted octanol–water partition coefficient (Wildman–Crippen LogP) is 5.03. The van der Waals surface area contributed by atoms with Gasteiger partial charge in [0.1, 0.15) is 0 Å². The molecule has 18 heavy (non-hydrogen) atoms. The van der Waals surface area contributed by atoms with Crippen LogP contribution in [0.25, 0.3) is 0 Å². The van der Waals surface area contributed by atoms with Gasteiger partial charge in [-0.3, -0.25) is 0 Å². The zero-order chi connectivity index (χ0) is 13.6. The van der Waals surface area contributed by atoms with E-state index >= 15 is 0 Å². The van der Waals surface area contributed by atoms with E-state index in [-0.39, 0.29) is 5.97 Å². The summed E-state index contributed by atoms with van der Waals surface area (Å²) in [5, 5.41) is 0. The molecule has 0 atom stereocenters. The molecule has 0 aliphatic heterocycles. The molecule has 2 heteroatoms. The quantitative estimate of drug-likeness (QED) is 0.294. The molecule has 0 spiro atoms. The monoisotopic (exact) mass is 254 g/mol. The molecule has 0 aromatic carbocycles. The van der Waals surface area contributed by atoms with Crippen LogP contribution in [0.5, 0.6) is 0 Å². The maximum absolute atomic E-state index is 11.7.